The summed E-state index contributed by atoms with van der Waals surface area (Å²) >= 11 is 7.02. The normalized spacial score (nSPS) is 12.6. The van der Waals surface area contributed by atoms with Crippen LogP contribution in [0.2, 0.25) is 0 Å². The maximum absolute atomic E-state index is 5.95. The lowest BCUT2D eigenvalue weighted by molar-refractivity contribution is 0.306. The van der Waals surface area contributed by atoms with Gasteiger partial charge < -0.3 is 4.74 Å². The van der Waals surface area contributed by atoms with E-state index in [4.69, 9.17) is 4.74 Å². The molecule has 0 saturated carbocycles. The molecule has 0 bridgehead atoms. The molecule has 2 aromatic carbocycles. The summed E-state index contributed by atoms with van der Waals surface area (Å²) in [5.74, 6) is 2.01. The maximum atomic E-state index is 5.95. The number of aromatic nitrogens is 2. The summed E-state index contributed by atoms with van der Waals surface area (Å²) in [5.41, 5.74) is 3.64. The van der Waals surface area contributed by atoms with Crippen LogP contribution in [0.3, 0.4) is 0 Å². The average molecular weight is 434 g/mol. The number of ether oxygens (including phenoxy) is 1. The lowest BCUT2D eigenvalue weighted by Gasteiger charge is -2.20. The zero-order valence-electron chi connectivity index (χ0n) is 12.3. The van der Waals surface area contributed by atoms with Gasteiger partial charge in [-0.1, -0.05) is 28.1 Å². The van der Waals surface area contributed by atoms with Gasteiger partial charge in [-0.3, -0.25) is 4.57 Å². The Morgan fingerprint density at radius 1 is 1.04 bits per heavy atom. The quantitative estimate of drug-likeness (QED) is 0.576. The molecule has 1 aliphatic rings. The second-order valence-corrected chi connectivity index (χ2v) is 7.27. The minimum absolute atomic E-state index is 0.575. The fourth-order valence-corrected chi connectivity index (χ4v) is 3.62. The van der Waals surface area contributed by atoms with Gasteiger partial charge >= 0.3 is 0 Å². The van der Waals surface area contributed by atoms with Crippen LogP contribution in [0.1, 0.15) is 17.0 Å². The Morgan fingerprint density at radius 2 is 1.87 bits per heavy atom. The van der Waals surface area contributed by atoms with Gasteiger partial charge in [0.25, 0.3) is 0 Å². The summed E-state index contributed by atoms with van der Waals surface area (Å²) in [6.45, 7) is 0.575. The van der Waals surface area contributed by atoms with E-state index in [1.54, 1.807) is 0 Å². The third-order valence-corrected chi connectivity index (χ3v) is 5.11. The van der Waals surface area contributed by atoms with Crippen LogP contribution < -0.4 is 4.74 Å². The third-order valence-electron chi connectivity index (χ3n) is 4.02. The Kier molecular flexibility index (Phi) is 3.99. The summed E-state index contributed by atoms with van der Waals surface area (Å²) < 4.78 is 10.2. The summed E-state index contributed by atoms with van der Waals surface area (Å²) in [6.07, 6.45) is 3.81. The molecule has 0 aliphatic carbocycles. The molecule has 0 amide bonds. The van der Waals surface area contributed by atoms with Crippen LogP contribution in [-0.4, -0.2) is 9.55 Å². The smallest absolute Gasteiger partial charge is 0.120 e. The first-order chi connectivity index (χ1) is 11.2. The van der Waals surface area contributed by atoms with Gasteiger partial charge in [0.05, 0.1) is 11.9 Å². The van der Waals surface area contributed by atoms with E-state index in [0.717, 1.165) is 39.1 Å². The number of halogens is 2. The highest BCUT2D eigenvalue weighted by Gasteiger charge is 2.19. The van der Waals surface area contributed by atoms with Gasteiger partial charge in [0.1, 0.15) is 22.8 Å². The highest BCUT2D eigenvalue weighted by Crippen LogP contribution is 2.31. The fourth-order valence-electron chi connectivity index (χ4n) is 2.86. The average Bonchev–Trinajstić information content (AvgIpc) is 2.96. The molecule has 0 radical (unpaired) electrons. The molecule has 0 fully saturated rings. The SMILES string of the molecule is Brc1ccc(COc2ccc3c(c2)CCc2ncc(Br)n2-3)cc1. The molecule has 3 nitrogen and oxygen atoms in total. The van der Waals surface area contributed by atoms with Crippen LogP contribution in [0.15, 0.2) is 57.7 Å². The minimum atomic E-state index is 0.575. The third kappa shape index (κ3) is 2.95. The van der Waals surface area contributed by atoms with Crippen LogP contribution in [0.5, 0.6) is 5.75 Å². The molecule has 23 heavy (non-hydrogen) atoms. The first kappa shape index (κ1) is 15.0. The molecule has 1 aliphatic heterocycles. The molecule has 1 aromatic heterocycles. The lowest BCUT2D eigenvalue weighted by Crippen LogP contribution is -2.12. The molecule has 0 unspecified atom stereocenters. The van der Waals surface area contributed by atoms with E-state index in [0.29, 0.717) is 6.61 Å². The number of hydrogen-bond acceptors (Lipinski definition) is 2. The molecular weight excluding hydrogens is 420 g/mol. The van der Waals surface area contributed by atoms with E-state index in [9.17, 15) is 0 Å². The fraction of sp³-hybridized carbons (Fsp3) is 0.167. The Hall–Kier alpha value is -1.59. The molecule has 0 atom stereocenters. The van der Waals surface area contributed by atoms with Crippen LogP contribution in [0, 0.1) is 0 Å². The number of aryl methyl sites for hydroxylation is 2. The van der Waals surface area contributed by atoms with Crippen molar-refractivity contribution in [3.63, 3.8) is 0 Å². The van der Waals surface area contributed by atoms with Crippen LogP contribution >= 0.6 is 31.9 Å². The predicted molar refractivity (Wildman–Crippen MR) is 97.1 cm³/mol. The van der Waals surface area contributed by atoms with Gasteiger partial charge in [0.2, 0.25) is 0 Å². The number of imidazole rings is 1. The molecule has 0 spiro atoms. The van der Waals surface area contributed by atoms with Crippen molar-refractivity contribution in [2.75, 3.05) is 0 Å². The zero-order valence-corrected chi connectivity index (χ0v) is 15.5. The van der Waals surface area contributed by atoms with Crippen molar-refractivity contribution in [1.82, 2.24) is 9.55 Å². The van der Waals surface area contributed by atoms with E-state index >= 15 is 0 Å². The Bertz CT molecular complexity index is 856. The van der Waals surface area contributed by atoms with E-state index < -0.39 is 0 Å². The Morgan fingerprint density at radius 3 is 2.70 bits per heavy atom. The van der Waals surface area contributed by atoms with Crippen LogP contribution in [0.4, 0.5) is 0 Å². The zero-order chi connectivity index (χ0) is 15.8. The number of benzene rings is 2. The molecule has 116 valence electrons. The highest BCUT2D eigenvalue weighted by atomic mass is 79.9. The molecule has 3 aromatic rings. The second-order valence-electron chi connectivity index (χ2n) is 5.54. The minimum Gasteiger partial charge on any atom is -0.489 e. The summed E-state index contributed by atoms with van der Waals surface area (Å²) in [6, 6.07) is 14.5. The van der Waals surface area contributed by atoms with Gasteiger partial charge in [-0.2, -0.15) is 0 Å². The van der Waals surface area contributed by atoms with Crippen LogP contribution in [-0.2, 0) is 19.4 Å². The standard InChI is InChI=1S/C18H14Br2N2O/c19-14-4-1-12(2-5-14)11-23-15-6-7-16-13(9-15)3-8-18-21-10-17(20)22(16)18/h1-2,4-7,9-10H,3,8,11H2. The van der Waals surface area contributed by atoms with Crippen molar-refractivity contribution in [2.24, 2.45) is 0 Å². The number of fused-ring (bicyclic) bond motifs is 3. The van der Waals surface area contributed by atoms with E-state index in [1.165, 1.54) is 11.3 Å². The largest absolute Gasteiger partial charge is 0.489 e. The number of rotatable bonds is 3. The van der Waals surface area contributed by atoms with E-state index in [1.807, 2.05) is 24.4 Å². The highest BCUT2D eigenvalue weighted by molar-refractivity contribution is 9.10. The van der Waals surface area contributed by atoms with Crippen molar-refractivity contribution in [3.8, 4) is 11.4 Å². The molecule has 0 N–H and O–H groups in total. The summed E-state index contributed by atoms with van der Waals surface area (Å²) in [5, 5.41) is 0. The molecule has 5 heteroatoms. The van der Waals surface area contributed by atoms with Gasteiger partial charge in [0.15, 0.2) is 0 Å². The lowest BCUT2D eigenvalue weighted by atomic mass is 10.0. The Labute approximate surface area is 151 Å². The first-order valence-electron chi connectivity index (χ1n) is 7.43. The van der Waals surface area contributed by atoms with Crippen molar-refractivity contribution < 1.29 is 4.74 Å². The van der Waals surface area contributed by atoms with E-state index in [-0.39, 0.29) is 0 Å². The van der Waals surface area contributed by atoms with Gasteiger partial charge in [-0.15, -0.1) is 0 Å². The first-order valence-corrected chi connectivity index (χ1v) is 9.02. The monoisotopic (exact) mass is 432 g/mol. The molecule has 2 heterocycles. The number of hydrogen-bond donors (Lipinski definition) is 0. The van der Waals surface area contributed by atoms with Crippen molar-refractivity contribution in [2.45, 2.75) is 19.4 Å². The van der Waals surface area contributed by atoms with E-state index in [2.05, 4.69) is 65.7 Å². The van der Waals surface area contributed by atoms with Crippen molar-refractivity contribution in [3.05, 3.63) is 74.7 Å². The molecule has 0 saturated heterocycles. The van der Waals surface area contributed by atoms with Crippen LogP contribution in [0.25, 0.3) is 5.69 Å². The maximum Gasteiger partial charge on any atom is 0.120 e. The predicted octanol–water partition coefficient (Wildman–Crippen LogP) is 5.07. The van der Waals surface area contributed by atoms with Crippen molar-refractivity contribution >= 4 is 31.9 Å². The molecular formula is C18H14Br2N2O. The van der Waals surface area contributed by atoms with Crippen molar-refractivity contribution in [1.29, 1.82) is 0 Å². The van der Waals surface area contributed by atoms with Gasteiger partial charge in [-0.25, -0.2) is 4.98 Å². The van der Waals surface area contributed by atoms with Gasteiger partial charge in [-0.05, 0) is 63.8 Å². The summed E-state index contributed by atoms with van der Waals surface area (Å²) in [7, 11) is 0. The van der Waals surface area contributed by atoms with Gasteiger partial charge in [0, 0.05) is 10.9 Å². The number of nitrogens with zero attached hydrogens (tertiary/aromatic N) is 2. The Balaban J connectivity index is 1.56. The topological polar surface area (TPSA) is 27.1 Å². The summed E-state index contributed by atoms with van der Waals surface area (Å²) in [4.78, 5) is 4.44. The molecule has 4 rings (SSSR count). The second kappa shape index (κ2) is 6.13.